The minimum absolute atomic E-state index is 0.654. The topological polar surface area (TPSA) is 55.6 Å². The number of aromatic nitrogens is 4. The summed E-state index contributed by atoms with van der Waals surface area (Å²) in [7, 11) is 0. The van der Waals surface area contributed by atoms with Crippen molar-refractivity contribution in [2.75, 3.05) is 6.54 Å². The van der Waals surface area contributed by atoms with Crippen molar-refractivity contribution >= 4 is 0 Å². The maximum absolute atomic E-state index is 4.36. The molecule has 0 aliphatic carbocycles. The highest BCUT2D eigenvalue weighted by atomic mass is 15.4. The number of nitrogens with one attached hydrogen (secondary N) is 1. The van der Waals surface area contributed by atoms with Crippen molar-refractivity contribution in [2.24, 2.45) is 5.92 Å². The Morgan fingerprint density at radius 1 is 1.32 bits per heavy atom. The van der Waals surface area contributed by atoms with Crippen LogP contribution >= 0.6 is 0 Å². The number of hydrogen-bond donors (Lipinski definition) is 1. The molecule has 1 N–H and O–H groups in total. The van der Waals surface area contributed by atoms with E-state index in [0.717, 1.165) is 30.6 Å². The molecular weight excluding hydrogens is 238 g/mol. The Labute approximate surface area is 114 Å². The van der Waals surface area contributed by atoms with E-state index in [4.69, 9.17) is 0 Å². The lowest BCUT2D eigenvalue weighted by Gasteiger charge is -2.08. The van der Waals surface area contributed by atoms with Crippen LogP contribution in [-0.2, 0) is 6.54 Å². The number of nitrogens with zero attached hydrogens (tertiary/aromatic N) is 4. The van der Waals surface area contributed by atoms with E-state index in [-0.39, 0.29) is 0 Å². The van der Waals surface area contributed by atoms with Gasteiger partial charge in [-0.3, -0.25) is 0 Å². The SMILES string of the molecule is Cc1nc(C)n(-c2cc(CNCC(C)C)ccn2)n1. The average molecular weight is 259 g/mol. The molecule has 2 heterocycles. The Morgan fingerprint density at radius 2 is 2.11 bits per heavy atom. The van der Waals surface area contributed by atoms with Gasteiger partial charge in [0.25, 0.3) is 0 Å². The van der Waals surface area contributed by atoms with Crippen molar-refractivity contribution in [1.82, 2.24) is 25.1 Å². The van der Waals surface area contributed by atoms with Gasteiger partial charge in [-0.15, -0.1) is 5.10 Å². The molecule has 0 saturated heterocycles. The smallest absolute Gasteiger partial charge is 0.155 e. The molecule has 0 spiro atoms. The van der Waals surface area contributed by atoms with Gasteiger partial charge in [0.1, 0.15) is 11.6 Å². The van der Waals surface area contributed by atoms with Gasteiger partial charge in [-0.05, 0) is 44.0 Å². The molecule has 0 aromatic carbocycles. The number of pyridine rings is 1. The van der Waals surface area contributed by atoms with E-state index < -0.39 is 0 Å². The molecule has 0 saturated carbocycles. The van der Waals surface area contributed by atoms with Gasteiger partial charge in [-0.2, -0.15) is 4.68 Å². The number of hydrogen-bond acceptors (Lipinski definition) is 4. The molecule has 0 radical (unpaired) electrons. The molecular formula is C14H21N5. The van der Waals surface area contributed by atoms with Crippen LogP contribution in [-0.4, -0.2) is 26.3 Å². The summed E-state index contributed by atoms with van der Waals surface area (Å²) < 4.78 is 1.78. The Bertz CT molecular complexity index is 545. The molecule has 0 atom stereocenters. The van der Waals surface area contributed by atoms with Crippen LogP contribution in [0.15, 0.2) is 18.3 Å². The highest BCUT2D eigenvalue weighted by Crippen LogP contribution is 2.09. The number of rotatable bonds is 5. The highest BCUT2D eigenvalue weighted by Gasteiger charge is 2.06. The van der Waals surface area contributed by atoms with Gasteiger partial charge >= 0.3 is 0 Å². The van der Waals surface area contributed by atoms with Gasteiger partial charge in [0, 0.05) is 12.7 Å². The lowest BCUT2D eigenvalue weighted by Crippen LogP contribution is -2.19. The first-order valence-electron chi connectivity index (χ1n) is 6.62. The molecule has 19 heavy (non-hydrogen) atoms. The Hall–Kier alpha value is -1.75. The van der Waals surface area contributed by atoms with Crippen LogP contribution in [0.2, 0.25) is 0 Å². The van der Waals surface area contributed by atoms with Crippen LogP contribution in [0.1, 0.15) is 31.1 Å². The van der Waals surface area contributed by atoms with Gasteiger partial charge in [0.05, 0.1) is 0 Å². The Balaban J connectivity index is 2.13. The first-order chi connectivity index (χ1) is 9.06. The molecule has 5 nitrogen and oxygen atoms in total. The fraction of sp³-hybridized carbons (Fsp3) is 0.500. The fourth-order valence-electron chi connectivity index (χ4n) is 1.93. The van der Waals surface area contributed by atoms with Crippen molar-refractivity contribution in [1.29, 1.82) is 0 Å². The van der Waals surface area contributed by atoms with Crippen LogP contribution in [0.4, 0.5) is 0 Å². The molecule has 0 bridgehead atoms. The second-order valence-electron chi connectivity index (χ2n) is 5.17. The molecule has 0 aliphatic heterocycles. The van der Waals surface area contributed by atoms with Gasteiger partial charge in [0.15, 0.2) is 5.82 Å². The van der Waals surface area contributed by atoms with Gasteiger partial charge in [0.2, 0.25) is 0 Å². The van der Waals surface area contributed by atoms with Gasteiger partial charge in [-0.25, -0.2) is 9.97 Å². The molecule has 2 rings (SSSR count). The van der Waals surface area contributed by atoms with Crippen molar-refractivity contribution in [3.05, 3.63) is 35.5 Å². The summed E-state index contributed by atoms with van der Waals surface area (Å²) >= 11 is 0. The largest absolute Gasteiger partial charge is 0.312 e. The normalized spacial score (nSPS) is 11.2. The zero-order valence-electron chi connectivity index (χ0n) is 12.0. The van der Waals surface area contributed by atoms with E-state index >= 15 is 0 Å². The molecule has 0 amide bonds. The summed E-state index contributed by atoms with van der Waals surface area (Å²) in [5, 5.41) is 7.78. The molecule has 2 aromatic rings. The van der Waals surface area contributed by atoms with E-state index in [1.807, 2.05) is 26.1 Å². The van der Waals surface area contributed by atoms with Crippen LogP contribution in [0.3, 0.4) is 0 Å². The van der Waals surface area contributed by atoms with Crippen molar-refractivity contribution in [3.8, 4) is 5.82 Å². The summed E-state index contributed by atoms with van der Waals surface area (Å²) in [6.07, 6.45) is 1.82. The van der Waals surface area contributed by atoms with E-state index in [1.165, 1.54) is 5.56 Å². The lowest BCUT2D eigenvalue weighted by atomic mass is 10.2. The van der Waals surface area contributed by atoms with Crippen LogP contribution in [0.25, 0.3) is 5.82 Å². The van der Waals surface area contributed by atoms with Crippen LogP contribution < -0.4 is 5.32 Å². The van der Waals surface area contributed by atoms with Crippen molar-refractivity contribution in [2.45, 2.75) is 34.2 Å². The summed E-state index contributed by atoms with van der Waals surface area (Å²) in [5.74, 6) is 3.10. The molecule has 102 valence electrons. The third-order valence-corrected chi connectivity index (χ3v) is 2.78. The average Bonchev–Trinajstić information content (AvgIpc) is 2.68. The van der Waals surface area contributed by atoms with Gasteiger partial charge in [-0.1, -0.05) is 13.8 Å². The second-order valence-corrected chi connectivity index (χ2v) is 5.17. The number of aryl methyl sites for hydroxylation is 2. The monoisotopic (exact) mass is 259 g/mol. The van der Waals surface area contributed by atoms with Gasteiger partial charge < -0.3 is 5.32 Å². The Morgan fingerprint density at radius 3 is 2.74 bits per heavy atom. The van der Waals surface area contributed by atoms with E-state index in [9.17, 15) is 0 Å². The Kier molecular flexibility index (Phi) is 4.27. The molecule has 0 unspecified atom stereocenters. The summed E-state index contributed by atoms with van der Waals surface area (Å²) in [4.78, 5) is 8.66. The molecule has 5 heteroatoms. The fourth-order valence-corrected chi connectivity index (χ4v) is 1.93. The zero-order valence-corrected chi connectivity index (χ0v) is 12.0. The van der Waals surface area contributed by atoms with E-state index in [2.05, 4.69) is 40.3 Å². The molecule has 2 aromatic heterocycles. The molecule has 0 aliphatic rings. The predicted octanol–water partition coefficient (Wildman–Crippen LogP) is 2.02. The van der Waals surface area contributed by atoms with Crippen molar-refractivity contribution in [3.63, 3.8) is 0 Å². The minimum Gasteiger partial charge on any atom is -0.312 e. The summed E-state index contributed by atoms with van der Waals surface area (Å²) in [6, 6.07) is 4.07. The molecule has 0 fully saturated rings. The maximum Gasteiger partial charge on any atom is 0.155 e. The highest BCUT2D eigenvalue weighted by molar-refractivity contribution is 5.27. The predicted molar refractivity (Wildman–Crippen MR) is 75.2 cm³/mol. The third kappa shape index (κ3) is 3.61. The maximum atomic E-state index is 4.36. The third-order valence-electron chi connectivity index (χ3n) is 2.78. The van der Waals surface area contributed by atoms with Crippen LogP contribution in [0, 0.1) is 19.8 Å². The first-order valence-corrected chi connectivity index (χ1v) is 6.62. The zero-order chi connectivity index (χ0) is 13.8. The van der Waals surface area contributed by atoms with Crippen LogP contribution in [0.5, 0.6) is 0 Å². The minimum atomic E-state index is 0.654. The quantitative estimate of drug-likeness (QED) is 0.892. The standard InChI is InChI=1S/C14H21N5/c1-10(2)8-15-9-13-5-6-16-14(7-13)19-12(4)17-11(3)18-19/h5-7,10,15H,8-9H2,1-4H3. The summed E-state index contributed by atoms with van der Waals surface area (Å²) in [6.45, 7) is 10.1. The summed E-state index contributed by atoms with van der Waals surface area (Å²) in [5.41, 5.74) is 1.21. The van der Waals surface area contributed by atoms with Crippen molar-refractivity contribution < 1.29 is 0 Å². The first kappa shape index (κ1) is 13.7. The lowest BCUT2D eigenvalue weighted by molar-refractivity contribution is 0.552. The second kappa shape index (κ2) is 5.93. The van der Waals surface area contributed by atoms with E-state index in [1.54, 1.807) is 4.68 Å². The van der Waals surface area contributed by atoms with E-state index in [0.29, 0.717) is 5.92 Å².